The average Bonchev–Trinajstić information content (AvgIpc) is 2.50. The van der Waals surface area contributed by atoms with E-state index in [1.807, 2.05) is 24.3 Å². The second-order valence-corrected chi connectivity index (χ2v) is 4.05. The molecule has 0 saturated carbocycles. The predicted octanol–water partition coefficient (Wildman–Crippen LogP) is 2.67. The summed E-state index contributed by atoms with van der Waals surface area (Å²) in [5, 5.41) is 0. The van der Waals surface area contributed by atoms with E-state index in [4.69, 9.17) is 5.73 Å². The smallest absolute Gasteiger partial charge is 0.0697 e. The van der Waals surface area contributed by atoms with Gasteiger partial charge in [-0.1, -0.05) is 30.4 Å². The molecule has 15 heavy (non-hydrogen) atoms. The topological polar surface area (TPSA) is 38.4 Å². The molecule has 1 aliphatic rings. The first-order valence-corrected chi connectivity index (χ1v) is 5.49. The molecule has 0 aromatic heterocycles. The Labute approximate surface area is 93.7 Å². The second-order valence-electron chi connectivity index (χ2n) is 3.24. The largest absolute Gasteiger partial charge is 0.319 e. The van der Waals surface area contributed by atoms with E-state index in [-0.39, 0.29) is 6.04 Å². The molecule has 0 amide bonds. The minimum atomic E-state index is -0.192. The average molecular weight is 216 g/mol. The van der Waals surface area contributed by atoms with Crippen molar-refractivity contribution in [3.05, 3.63) is 48.6 Å². The summed E-state index contributed by atoms with van der Waals surface area (Å²) in [5.41, 5.74) is 7.87. The third kappa shape index (κ3) is 2.19. The lowest BCUT2D eigenvalue weighted by atomic mass is 10.1. The standard InChI is InChI=1S/C12H12N2S/c1-2-10(13)11-8-7-9-5-3-4-6-12(9)15-14-11/h2-8,10H,1,13H2. The van der Waals surface area contributed by atoms with Gasteiger partial charge in [-0.05, 0) is 17.7 Å². The molecule has 2 rings (SSSR count). The van der Waals surface area contributed by atoms with Gasteiger partial charge >= 0.3 is 0 Å². The summed E-state index contributed by atoms with van der Waals surface area (Å²) >= 11 is 1.46. The number of nitrogens with zero attached hydrogens (tertiary/aromatic N) is 1. The lowest BCUT2D eigenvalue weighted by Gasteiger charge is -2.03. The zero-order valence-corrected chi connectivity index (χ0v) is 9.08. The van der Waals surface area contributed by atoms with Crippen molar-refractivity contribution < 1.29 is 0 Å². The van der Waals surface area contributed by atoms with Crippen molar-refractivity contribution in [2.24, 2.45) is 10.1 Å². The third-order valence-corrected chi connectivity index (χ3v) is 3.07. The molecule has 0 saturated heterocycles. The zero-order valence-electron chi connectivity index (χ0n) is 8.26. The van der Waals surface area contributed by atoms with Gasteiger partial charge < -0.3 is 5.73 Å². The minimum absolute atomic E-state index is 0.192. The van der Waals surface area contributed by atoms with E-state index in [0.29, 0.717) is 0 Å². The highest BCUT2D eigenvalue weighted by Crippen LogP contribution is 2.27. The zero-order chi connectivity index (χ0) is 10.7. The van der Waals surface area contributed by atoms with Gasteiger partial charge in [0.15, 0.2) is 0 Å². The molecular formula is C12H12N2S. The third-order valence-electron chi connectivity index (χ3n) is 2.20. The first-order chi connectivity index (χ1) is 7.31. The van der Waals surface area contributed by atoms with Crippen LogP contribution < -0.4 is 5.73 Å². The van der Waals surface area contributed by atoms with E-state index in [1.54, 1.807) is 6.08 Å². The highest BCUT2D eigenvalue weighted by atomic mass is 32.2. The SMILES string of the molecule is C=CC(N)C1=NSc2ccccc2C=C1. The first kappa shape index (κ1) is 10.2. The van der Waals surface area contributed by atoms with Crippen molar-refractivity contribution in [3.8, 4) is 0 Å². The first-order valence-electron chi connectivity index (χ1n) is 4.71. The number of hydrogen-bond donors (Lipinski definition) is 1. The van der Waals surface area contributed by atoms with Crippen LogP contribution in [0.2, 0.25) is 0 Å². The lowest BCUT2D eigenvalue weighted by molar-refractivity contribution is 1.09. The fourth-order valence-electron chi connectivity index (χ4n) is 1.30. The fraction of sp³-hybridized carbons (Fsp3) is 0.0833. The number of hydrogen-bond acceptors (Lipinski definition) is 3. The molecule has 0 bridgehead atoms. The van der Waals surface area contributed by atoms with E-state index in [9.17, 15) is 0 Å². The molecule has 3 heteroatoms. The van der Waals surface area contributed by atoms with Crippen LogP contribution in [0.4, 0.5) is 0 Å². The normalized spacial score (nSPS) is 16.2. The maximum atomic E-state index is 5.84. The molecule has 0 aliphatic carbocycles. The molecular weight excluding hydrogens is 204 g/mol. The van der Waals surface area contributed by atoms with Crippen molar-refractivity contribution in [3.63, 3.8) is 0 Å². The summed E-state index contributed by atoms with van der Waals surface area (Å²) in [6.07, 6.45) is 5.68. The van der Waals surface area contributed by atoms with Crippen molar-refractivity contribution in [1.29, 1.82) is 0 Å². The van der Waals surface area contributed by atoms with Crippen LogP contribution in [0.25, 0.3) is 6.08 Å². The molecule has 1 heterocycles. The van der Waals surface area contributed by atoms with E-state index in [0.717, 1.165) is 10.6 Å². The van der Waals surface area contributed by atoms with Crippen LogP contribution in [0.5, 0.6) is 0 Å². The summed E-state index contributed by atoms with van der Waals surface area (Å²) in [6.45, 7) is 3.67. The molecule has 2 nitrogen and oxygen atoms in total. The van der Waals surface area contributed by atoms with Gasteiger partial charge in [0.2, 0.25) is 0 Å². The fourth-order valence-corrected chi connectivity index (χ4v) is 2.07. The summed E-state index contributed by atoms with van der Waals surface area (Å²) in [4.78, 5) is 1.15. The summed E-state index contributed by atoms with van der Waals surface area (Å²) in [6, 6.07) is 7.95. The highest BCUT2D eigenvalue weighted by Gasteiger charge is 2.08. The highest BCUT2D eigenvalue weighted by molar-refractivity contribution is 7.98. The quantitative estimate of drug-likeness (QED) is 0.609. The Balaban J connectivity index is 2.33. The van der Waals surface area contributed by atoms with Crippen molar-refractivity contribution in [1.82, 2.24) is 0 Å². The van der Waals surface area contributed by atoms with E-state index < -0.39 is 0 Å². The van der Waals surface area contributed by atoms with E-state index in [2.05, 4.69) is 23.1 Å². The Morgan fingerprint density at radius 1 is 1.33 bits per heavy atom. The molecule has 0 radical (unpaired) electrons. The van der Waals surface area contributed by atoms with Crippen molar-refractivity contribution in [2.75, 3.05) is 0 Å². The molecule has 1 unspecified atom stereocenters. The maximum Gasteiger partial charge on any atom is 0.0697 e. The van der Waals surface area contributed by atoms with Crippen LogP contribution >= 0.6 is 11.9 Å². The molecule has 1 aliphatic heterocycles. The molecule has 1 aromatic carbocycles. The van der Waals surface area contributed by atoms with Crippen LogP contribution in [0.1, 0.15) is 5.56 Å². The molecule has 76 valence electrons. The lowest BCUT2D eigenvalue weighted by Crippen LogP contribution is -2.25. The molecule has 1 aromatic rings. The van der Waals surface area contributed by atoms with Gasteiger partial charge in [-0.2, -0.15) is 0 Å². The molecule has 1 atom stereocenters. The molecule has 2 N–H and O–H groups in total. The van der Waals surface area contributed by atoms with Crippen LogP contribution in [-0.4, -0.2) is 11.8 Å². The summed E-state index contributed by atoms with van der Waals surface area (Å²) < 4.78 is 4.39. The second kappa shape index (κ2) is 4.47. The van der Waals surface area contributed by atoms with Crippen LogP contribution in [-0.2, 0) is 0 Å². The van der Waals surface area contributed by atoms with E-state index in [1.165, 1.54) is 17.5 Å². The summed E-state index contributed by atoms with van der Waals surface area (Å²) in [5.74, 6) is 0. The molecule has 0 spiro atoms. The predicted molar refractivity (Wildman–Crippen MR) is 66.9 cm³/mol. The maximum absolute atomic E-state index is 5.84. The Bertz CT molecular complexity index is 435. The van der Waals surface area contributed by atoms with Gasteiger partial charge in [0.1, 0.15) is 0 Å². The Hall–Kier alpha value is -1.32. The van der Waals surface area contributed by atoms with Gasteiger partial charge in [0.25, 0.3) is 0 Å². The van der Waals surface area contributed by atoms with Crippen molar-refractivity contribution in [2.45, 2.75) is 10.9 Å². The van der Waals surface area contributed by atoms with Gasteiger partial charge in [-0.15, -0.1) is 6.58 Å². The number of fused-ring (bicyclic) bond motifs is 1. The number of benzene rings is 1. The Kier molecular flexibility index (Phi) is 3.04. The van der Waals surface area contributed by atoms with Crippen LogP contribution in [0, 0.1) is 0 Å². The van der Waals surface area contributed by atoms with Gasteiger partial charge in [-0.25, -0.2) is 4.40 Å². The van der Waals surface area contributed by atoms with Crippen LogP contribution in [0.15, 0.2) is 52.3 Å². The monoisotopic (exact) mass is 216 g/mol. The number of nitrogens with two attached hydrogens (primary N) is 1. The van der Waals surface area contributed by atoms with Crippen molar-refractivity contribution >= 4 is 23.7 Å². The van der Waals surface area contributed by atoms with Gasteiger partial charge in [0, 0.05) is 16.8 Å². The number of rotatable bonds is 2. The summed E-state index contributed by atoms with van der Waals surface area (Å²) in [7, 11) is 0. The van der Waals surface area contributed by atoms with Gasteiger partial charge in [-0.3, -0.25) is 0 Å². The van der Waals surface area contributed by atoms with Crippen LogP contribution in [0.3, 0.4) is 0 Å². The minimum Gasteiger partial charge on any atom is -0.319 e. The Morgan fingerprint density at radius 3 is 2.93 bits per heavy atom. The van der Waals surface area contributed by atoms with E-state index >= 15 is 0 Å². The molecule has 0 fully saturated rings. The Morgan fingerprint density at radius 2 is 2.13 bits per heavy atom. The van der Waals surface area contributed by atoms with Gasteiger partial charge in [0.05, 0.1) is 11.8 Å².